The van der Waals surface area contributed by atoms with Crippen molar-refractivity contribution in [1.82, 2.24) is 5.32 Å². The highest BCUT2D eigenvalue weighted by Crippen LogP contribution is 2.46. The van der Waals surface area contributed by atoms with Crippen LogP contribution in [0.4, 0.5) is 11.4 Å². The second-order valence-electron chi connectivity index (χ2n) is 10.3. The molecule has 0 saturated heterocycles. The first-order valence-electron chi connectivity index (χ1n) is 12.2. The molecule has 1 aliphatic heterocycles. The molecule has 3 aliphatic rings. The average molecular weight is 452 g/mol. The zero-order valence-electron chi connectivity index (χ0n) is 20.2. The maximum Gasteiger partial charge on any atom is 0.239 e. The van der Waals surface area contributed by atoms with Gasteiger partial charge < -0.3 is 20.3 Å². The van der Waals surface area contributed by atoms with Gasteiger partial charge in [0.1, 0.15) is 0 Å². The molecule has 4 rings (SSSR count). The van der Waals surface area contributed by atoms with Gasteiger partial charge in [0.15, 0.2) is 5.78 Å². The van der Waals surface area contributed by atoms with Crippen LogP contribution < -0.4 is 15.5 Å². The third kappa shape index (κ3) is 5.32. The Morgan fingerprint density at radius 2 is 2.06 bits per heavy atom. The van der Waals surface area contributed by atoms with Crippen LogP contribution >= 0.6 is 0 Å². The summed E-state index contributed by atoms with van der Waals surface area (Å²) in [5.41, 5.74) is 3.80. The molecule has 6 heteroatoms. The van der Waals surface area contributed by atoms with Crippen LogP contribution in [0.2, 0.25) is 0 Å². The van der Waals surface area contributed by atoms with Crippen LogP contribution in [0, 0.1) is 11.3 Å². The predicted octanol–water partition coefficient (Wildman–Crippen LogP) is 4.44. The summed E-state index contributed by atoms with van der Waals surface area (Å²) in [4.78, 5) is 28.9. The Kier molecular flexibility index (Phi) is 7.23. The van der Waals surface area contributed by atoms with Crippen LogP contribution in [0.15, 0.2) is 47.7 Å². The van der Waals surface area contributed by atoms with Crippen molar-refractivity contribution in [2.24, 2.45) is 11.3 Å². The number of amides is 1. The average Bonchev–Trinajstić information content (AvgIpc) is 2.91. The number of benzene rings is 1. The van der Waals surface area contributed by atoms with Gasteiger partial charge in [0, 0.05) is 38.0 Å². The van der Waals surface area contributed by atoms with Crippen molar-refractivity contribution in [2.45, 2.75) is 58.4 Å². The summed E-state index contributed by atoms with van der Waals surface area (Å²) < 4.78 is 5.10. The number of methoxy groups -OCH3 is 1. The zero-order chi connectivity index (χ0) is 23.4. The van der Waals surface area contributed by atoms with Crippen LogP contribution in [0.3, 0.4) is 0 Å². The molecule has 33 heavy (non-hydrogen) atoms. The SMILES string of the molecule is COCCCNC(=O)CN1c2ccccc2NC2=C(C(=O)CC(C)(C)C2)C1C1CC=CCC1. The lowest BCUT2D eigenvalue weighted by Gasteiger charge is -2.41. The van der Waals surface area contributed by atoms with E-state index in [0.717, 1.165) is 54.7 Å². The molecule has 1 heterocycles. The third-order valence-electron chi connectivity index (χ3n) is 6.97. The topological polar surface area (TPSA) is 70.7 Å². The molecule has 1 amide bonds. The number of hydrogen-bond donors (Lipinski definition) is 2. The van der Waals surface area contributed by atoms with Crippen LogP contribution in [0.1, 0.15) is 52.4 Å². The Bertz CT molecular complexity index is 950. The van der Waals surface area contributed by atoms with Crippen molar-refractivity contribution in [3.8, 4) is 0 Å². The van der Waals surface area contributed by atoms with E-state index < -0.39 is 0 Å². The second kappa shape index (κ2) is 10.1. The number of anilines is 2. The Balaban J connectivity index is 1.74. The molecule has 2 N–H and O–H groups in total. The lowest BCUT2D eigenvalue weighted by molar-refractivity contribution is -0.121. The lowest BCUT2D eigenvalue weighted by atomic mass is 9.71. The molecule has 0 aromatic heterocycles. The molecule has 2 unspecified atom stereocenters. The molecule has 2 atom stereocenters. The van der Waals surface area contributed by atoms with E-state index in [2.05, 4.69) is 53.7 Å². The predicted molar refractivity (Wildman–Crippen MR) is 132 cm³/mol. The fraction of sp³-hybridized carbons (Fsp3) is 0.556. The van der Waals surface area contributed by atoms with Crippen LogP contribution in [0.5, 0.6) is 0 Å². The summed E-state index contributed by atoms with van der Waals surface area (Å²) in [5.74, 6) is 0.482. The van der Waals surface area contributed by atoms with Crippen LogP contribution in [-0.4, -0.2) is 44.5 Å². The molecular formula is C27H37N3O3. The van der Waals surface area contributed by atoms with Crippen molar-refractivity contribution < 1.29 is 14.3 Å². The number of nitrogens with zero attached hydrogens (tertiary/aromatic N) is 1. The van der Waals surface area contributed by atoms with Gasteiger partial charge in [0.25, 0.3) is 0 Å². The van der Waals surface area contributed by atoms with E-state index >= 15 is 0 Å². The van der Waals surface area contributed by atoms with Crippen molar-refractivity contribution in [3.05, 3.63) is 47.7 Å². The number of ketones is 1. The Morgan fingerprint density at radius 1 is 1.24 bits per heavy atom. The van der Waals surface area contributed by atoms with Gasteiger partial charge in [-0.05, 0) is 55.6 Å². The van der Waals surface area contributed by atoms with Crippen molar-refractivity contribution in [1.29, 1.82) is 0 Å². The summed E-state index contributed by atoms with van der Waals surface area (Å²) in [5, 5.41) is 6.67. The van der Waals surface area contributed by atoms with Crippen molar-refractivity contribution in [3.63, 3.8) is 0 Å². The number of fused-ring (bicyclic) bond motifs is 1. The molecular weight excluding hydrogens is 414 g/mol. The molecule has 2 aliphatic carbocycles. The number of hydrogen-bond acceptors (Lipinski definition) is 5. The third-order valence-corrected chi connectivity index (χ3v) is 6.97. The minimum atomic E-state index is -0.116. The summed E-state index contributed by atoms with van der Waals surface area (Å²) in [7, 11) is 1.67. The van der Waals surface area contributed by atoms with Gasteiger partial charge in [-0.1, -0.05) is 38.1 Å². The van der Waals surface area contributed by atoms with Gasteiger partial charge in [-0.3, -0.25) is 9.59 Å². The normalized spacial score (nSPS) is 24.0. The van der Waals surface area contributed by atoms with Crippen molar-refractivity contribution in [2.75, 3.05) is 37.0 Å². The fourth-order valence-electron chi connectivity index (χ4n) is 5.52. The molecule has 0 bridgehead atoms. The Hall–Kier alpha value is -2.60. The maximum absolute atomic E-state index is 13.6. The van der Waals surface area contributed by atoms with E-state index in [0.29, 0.717) is 25.5 Å². The molecule has 6 nitrogen and oxygen atoms in total. The van der Waals surface area contributed by atoms with E-state index in [1.807, 2.05) is 12.1 Å². The second-order valence-corrected chi connectivity index (χ2v) is 10.3. The molecule has 1 aromatic carbocycles. The van der Waals surface area contributed by atoms with Gasteiger partial charge >= 0.3 is 0 Å². The highest BCUT2D eigenvalue weighted by molar-refractivity contribution is 6.01. The molecule has 0 radical (unpaired) electrons. The Morgan fingerprint density at radius 3 is 2.82 bits per heavy atom. The van der Waals surface area contributed by atoms with E-state index in [9.17, 15) is 9.59 Å². The fourth-order valence-corrected chi connectivity index (χ4v) is 5.52. The van der Waals surface area contributed by atoms with E-state index in [1.54, 1.807) is 7.11 Å². The van der Waals surface area contributed by atoms with Gasteiger partial charge in [0.2, 0.25) is 5.91 Å². The first-order chi connectivity index (χ1) is 15.9. The van der Waals surface area contributed by atoms with E-state index in [1.165, 1.54) is 0 Å². The Labute approximate surface area is 197 Å². The van der Waals surface area contributed by atoms with Gasteiger partial charge in [-0.25, -0.2) is 0 Å². The monoisotopic (exact) mass is 451 g/mol. The molecule has 0 fully saturated rings. The van der Waals surface area contributed by atoms with E-state index in [-0.39, 0.29) is 29.7 Å². The standard InChI is InChI=1S/C27H37N3O3/c1-27(2)16-21-25(23(31)17-27)26(19-10-5-4-6-11-19)30(18-24(32)28-14-9-15-33-3)22-13-8-7-12-20(22)29-21/h4-5,7-8,12-13,19,26,29H,6,9-11,14-18H2,1-3H3,(H,28,32). The minimum Gasteiger partial charge on any atom is -0.385 e. The largest absolute Gasteiger partial charge is 0.385 e. The van der Waals surface area contributed by atoms with Gasteiger partial charge in [-0.15, -0.1) is 0 Å². The quantitative estimate of drug-likeness (QED) is 0.474. The summed E-state index contributed by atoms with van der Waals surface area (Å²) in [6, 6.07) is 8.03. The minimum absolute atomic E-state index is 0.0232. The smallest absolute Gasteiger partial charge is 0.239 e. The summed E-state index contributed by atoms with van der Waals surface area (Å²) >= 11 is 0. The maximum atomic E-state index is 13.6. The van der Waals surface area contributed by atoms with Crippen LogP contribution in [-0.2, 0) is 14.3 Å². The zero-order valence-corrected chi connectivity index (χ0v) is 20.2. The number of carbonyl (C=O) groups is 2. The molecule has 0 spiro atoms. The highest BCUT2D eigenvalue weighted by atomic mass is 16.5. The molecule has 1 aromatic rings. The number of carbonyl (C=O) groups excluding carboxylic acids is 2. The summed E-state index contributed by atoms with van der Waals surface area (Å²) in [6.45, 7) is 5.75. The van der Waals surface area contributed by atoms with Crippen LogP contribution in [0.25, 0.3) is 0 Å². The highest BCUT2D eigenvalue weighted by Gasteiger charge is 2.43. The molecule has 178 valence electrons. The number of rotatable bonds is 7. The number of nitrogens with one attached hydrogen (secondary N) is 2. The van der Waals surface area contributed by atoms with Gasteiger partial charge in [0.05, 0.1) is 24.0 Å². The summed E-state index contributed by atoms with van der Waals surface area (Å²) in [6.07, 6.45) is 9.56. The van der Waals surface area contributed by atoms with Gasteiger partial charge in [-0.2, -0.15) is 0 Å². The molecule has 0 saturated carbocycles. The number of allylic oxidation sites excluding steroid dienone is 3. The number of ether oxygens (including phenoxy) is 1. The number of para-hydroxylation sites is 2. The first-order valence-corrected chi connectivity index (χ1v) is 12.2. The first kappa shape index (κ1) is 23.6. The van der Waals surface area contributed by atoms with Crippen molar-refractivity contribution >= 4 is 23.1 Å². The lowest BCUT2D eigenvalue weighted by Crippen LogP contribution is -2.50. The van der Waals surface area contributed by atoms with E-state index in [4.69, 9.17) is 4.74 Å². The number of Topliss-reactive ketones (excluding diaryl/α,β-unsaturated/α-hetero) is 1.